The van der Waals surface area contributed by atoms with E-state index >= 15 is 0 Å². The van der Waals surface area contributed by atoms with Crippen molar-refractivity contribution < 1.29 is 18.3 Å². The van der Waals surface area contributed by atoms with E-state index in [0.29, 0.717) is 12.8 Å². The third-order valence-corrected chi connectivity index (χ3v) is 5.83. The lowest BCUT2D eigenvalue weighted by Crippen LogP contribution is -2.42. The van der Waals surface area contributed by atoms with Gasteiger partial charge in [0.25, 0.3) is 0 Å². The van der Waals surface area contributed by atoms with E-state index in [1.165, 1.54) is 18.2 Å². The van der Waals surface area contributed by atoms with Crippen LogP contribution in [0, 0.1) is 5.92 Å². The molecule has 0 saturated carbocycles. The first kappa shape index (κ1) is 15.6. The molecule has 1 aromatic rings. The highest BCUT2D eigenvalue weighted by molar-refractivity contribution is 7.89. The molecule has 0 amide bonds. The monoisotopic (exact) mass is 337 g/mol. The van der Waals surface area contributed by atoms with E-state index in [4.69, 9.17) is 28.3 Å². The van der Waals surface area contributed by atoms with Gasteiger partial charge in [0.15, 0.2) is 0 Å². The first-order valence-electron chi connectivity index (χ1n) is 6.00. The number of carboxylic acids is 1. The predicted molar refractivity (Wildman–Crippen MR) is 75.6 cm³/mol. The maximum Gasteiger partial charge on any atom is 0.307 e. The molecule has 1 N–H and O–H groups in total. The molecule has 1 heterocycles. The second-order valence-electron chi connectivity index (χ2n) is 4.62. The summed E-state index contributed by atoms with van der Waals surface area (Å²) < 4.78 is 26.2. The number of halogens is 2. The molecule has 5 nitrogen and oxygen atoms in total. The van der Waals surface area contributed by atoms with E-state index in [1.54, 1.807) is 0 Å². The van der Waals surface area contributed by atoms with Crippen LogP contribution in [0.4, 0.5) is 0 Å². The Labute approximate surface area is 127 Å². The smallest absolute Gasteiger partial charge is 0.307 e. The summed E-state index contributed by atoms with van der Waals surface area (Å²) in [7, 11) is -3.83. The number of carbonyl (C=O) groups is 1. The SMILES string of the molecule is O=C(O)[C@H]1CCCN(S(=O)(=O)c2cc(Cl)ccc2Cl)C1. The Balaban J connectivity index is 2.35. The van der Waals surface area contributed by atoms with Crippen LogP contribution in [0.3, 0.4) is 0 Å². The molecule has 0 radical (unpaired) electrons. The van der Waals surface area contributed by atoms with E-state index in [0.717, 1.165) is 4.31 Å². The number of hydrogen-bond donors (Lipinski definition) is 1. The quantitative estimate of drug-likeness (QED) is 0.919. The lowest BCUT2D eigenvalue weighted by Gasteiger charge is -2.30. The average Bonchev–Trinajstić information content (AvgIpc) is 2.41. The highest BCUT2D eigenvalue weighted by Crippen LogP contribution is 2.30. The van der Waals surface area contributed by atoms with Crippen molar-refractivity contribution in [3.63, 3.8) is 0 Å². The molecule has 0 spiro atoms. The van der Waals surface area contributed by atoms with Gasteiger partial charge in [0, 0.05) is 18.1 Å². The molecule has 1 fully saturated rings. The second-order valence-corrected chi connectivity index (χ2v) is 7.37. The van der Waals surface area contributed by atoms with Crippen molar-refractivity contribution in [2.45, 2.75) is 17.7 Å². The standard InChI is InChI=1S/C12H13Cl2NO4S/c13-9-3-4-10(14)11(6-9)20(18,19)15-5-1-2-8(7-15)12(16)17/h3-4,6,8H,1-2,5,7H2,(H,16,17)/t8-/m0/s1. The molecule has 1 atom stereocenters. The van der Waals surface area contributed by atoms with Crippen LogP contribution in [0.5, 0.6) is 0 Å². The molecular weight excluding hydrogens is 325 g/mol. The molecule has 0 bridgehead atoms. The fourth-order valence-corrected chi connectivity index (χ4v) is 4.44. The van der Waals surface area contributed by atoms with Gasteiger partial charge in [0.2, 0.25) is 10.0 Å². The highest BCUT2D eigenvalue weighted by atomic mass is 35.5. The van der Waals surface area contributed by atoms with Crippen LogP contribution >= 0.6 is 23.2 Å². The summed E-state index contributed by atoms with van der Waals surface area (Å²) in [4.78, 5) is 10.9. The Morgan fingerprint density at radius 1 is 1.35 bits per heavy atom. The van der Waals surface area contributed by atoms with Crippen molar-refractivity contribution in [3.05, 3.63) is 28.2 Å². The summed E-state index contributed by atoms with van der Waals surface area (Å²) in [5.74, 6) is -1.67. The van der Waals surface area contributed by atoms with Gasteiger partial charge < -0.3 is 5.11 Å². The zero-order valence-electron chi connectivity index (χ0n) is 10.4. The van der Waals surface area contributed by atoms with E-state index in [9.17, 15) is 13.2 Å². The molecule has 1 saturated heterocycles. The molecule has 0 aromatic heterocycles. The Bertz CT molecular complexity index is 632. The van der Waals surface area contributed by atoms with Gasteiger partial charge in [0.05, 0.1) is 10.9 Å². The maximum atomic E-state index is 12.5. The van der Waals surface area contributed by atoms with Crippen LogP contribution in [-0.4, -0.2) is 36.9 Å². The Morgan fingerprint density at radius 3 is 2.70 bits per heavy atom. The van der Waals surface area contributed by atoms with Crippen molar-refractivity contribution in [3.8, 4) is 0 Å². The largest absolute Gasteiger partial charge is 0.481 e. The Morgan fingerprint density at radius 2 is 2.05 bits per heavy atom. The Kier molecular flexibility index (Phi) is 4.59. The van der Waals surface area contributed by atoms with Gasteiger partial charge in [-0.3, -0.25) is 4.79 Å². The molecule has 0 aliphatic carbocycles. The lowest BCUT2D eigenvalue weighted by atomic mass is 10.0. The van der Waals surface area contributed by atoms with E-state index in [1.807, 2.05) is 0 Å². The summed E-state index contributed by atoms with van der Waals surface area (Å²) >= 11 is 11.7. The summed E-state index contributed by atoms with van der Waals surface area (Å²) in [6, 6.07) is 4.19. The molecule has 20 heavy (non-hydrogen) atoms. The van der Waals surface area contributed by atoms with Gasteiger partial charge in [-0.15, -0.1) is 0 Å². The normalized spacial score (nSPS) is 20.8. The van der Waals surface area contributed by atoms with Gasteiger partial charge in [-0.1, -0.05) is 23.2 Å². The average molecular weight is 338 g/mol. The van der Waals surface area contributed by atoms with Gasteiger partial charge >= 0.3 is 5.97 Å². The third-order valence-electron chi connectivity index (χ3n) is 3.24. The van der Waals surface area contributed by atoms with Crippen molar-refractivity contribution in [2.75, 3.05) is 13.1 Å². The number of benzene rings is 1. The van der Waals surface area contributed by atoms with Crippen molar-refractivity contribution in [1.29, 1.82) is 0 Å². The first-order chi connectivity index (χ1) is 9.32. The van der Waals surface area contributed by atoms with Gasteiger partial charge in [0.1, 0.15) is 4.90 Å². The van der Waals surface area contributed by atoms with Gasteiger partial charge in [-0.2, -0.15) is 4.31 Å². The van der Waals surface area contributed by atoms with Crippen LogP contribution in [0.15, 0.2) is 23.1 Å². The summed E-state index contributed by atoms with van der Waals surface area (Å²) in [6.07, 6.45) is 0.985. The minimum atomic E-state index is -3.83. The van der Waals surface area contributed by atoms with E-state index in [2.05, 4.69) is 0 Å². The van der Waals surface area contributed by atoms with Crippen LogP contribution in [0.1, 0.15) is 12.8 Å². The summed E-state index contributed by atoms with van der Waals surface area (Å²) in [5, 5.41) is 9.36. The number of piperidine rings is 1. The molecule has 110 valence electrons. The number of sulfonamides is 1. The Hall–Kier alpha value is -0.820. The highest BCUT2D eigenvalue weighted by Gasteiger charge is 2.34. The molecule has 2 rings (SSSR count). The fourth-order valence-electron chi connectivity index (χ4n) is 2.18. The number of hydrogen-bond acceptors (Lipinski definition) is 3. The van der Waals surface area contributed by atoms with Gasteiger partial charge in [-0.25, -0.2) is 8.42 Å². The molecule has 0 unspecified atom stereocenters. The zero-order valence-corrected chi connectivity index (χ0v) is 12.7. The second kappa shape index (κ2) is 5.89. The molecule has 1 aliphatic rings. The number of nitrogens with zero attached hydrogens (tertiary/aromatic N) is 1. The van der Waals surface area contributed by atoms with Crippen molar-refractivity contribution in [1.82, 2.24) is 4.31 Å². The summed E-state index contributed by atoms with van der Waals surface area (Å²) in [6.45, 7) is 0.246. The van der Waals surface area contributed by atoms with E-state index in [-0.39, 0.29) is 28.0 Å². The van der Waals surface area contributed by atoms with E-state index < -0.39 is 21.9 Å². The van der Waals surface area contributed by atoms with Crippen molar-refractivity contribution in [2.24, 2.45) is 5.92 Å². The molecule has 8 heteroatoms. The molecule has 1 aromatic carbocycles. The maximum absolute atomic E-state index is 12.5. The lowest BCUT2D eigenvalue weighted by molar-refractivity contribution is -0.142. The summed E-state index contributed by atoms with van der Waals surface area (Å²) in [5.41, 5.74) is 0. The molecule has 1 aliphatic heterocycles. The third kappa shape index (κ3) is 3.09. The number of aliphatic carboxylic acids is 1. The molecular formula is C12H13Cl2NO4S. The first-order valence-corrected chi connectivity index (χ1v) is 8.20. The fraction of sp³-hybridized carbons (Fsp3) is 0.417. The van der Waals surface area contributed by atoms with Crippen LogP contribution in [0.2, 0.25) is 10.0 Å². The van der Waals surface area contributed by atoms with Crippen LogP contribution in [-0.2, 0) is 14.8 Å². The van der Waals surface area contributed by atoms with Crippen molar-refractivity contribution >= 4 is 39.2 Å². The zero-order chi connectivity index (χ0) is 14.9. The number of rotatable bonds is 3. The minimum absolute atomic E-state index is 0.0412. The topological polar surface area (TPSA) is 74.7 Å². The predicted octanol–water partition coefficient (Wildman–Crippen LogP) is 2.48. The number of carboxylic acid groups (broad SMARTS) is 1. The van der Waals surface area contributed by atoms with Gasteiger partial charge in [-0.05, 0) is 31.0 Å². The minimum Gasteiger partial charge on any atom is -0.481 e. The van der Waals surface area contributed by atoms with Crippen LogP contribution < -0.4 is 0 Å². The van der Waals surface area contributed by atoms with Crippen LogP contribution in [0.25, 0.3) is 0 Å².